The molecule has 0 N–H and O–H groups in total. The minimum Gasteiger partial charge on any atom is -0.230 e. The van der Waals surface area contributed by atoms with Crippen molar-refractivity contribution in [3.8, 4) is 0 Å². The summed E-state index contributed by atoms with van der Waals surface area (Å²) in [6, 6.07) is 0. The van der Waals surface area contributed by atoms with Crippen molar-refractivity contribution in [2.45, 2.75) is 20.0 Å². The Morgan fingerprint density at radius 1 is 1.50 bits per heavy atom. The van der Waals surface area contributed by atoms with Gasteiger partial charge in [-0.1, -0.05) is 18.5 Å². The van der Waals surface area contributed by atoms with Gasteiger partial charge in [0.15, 0.2) is 6.34 Å². The fourth-order valence-corrected chi connectivity index (χ4v) is 1.32. The normalized spacial score (nSPS) is 25.8. The molecule has 2 rings (SSSR count). The van der Waals surface area contributed by atoms with Crippen LogP contribution in [0, 0.1) is 5.92 Å². The van der Waals surface area contributed by atoms with Gasteiger partial charge in [0.25, 0.3) is 0 Å². The molecule has 1 atom stereocenters. The zero-order valence-electron chi connectivity index (χ0n) is 7.18. The third kappa shape index (κ3) is 0.995. The van der Waals surface area contributed by atoms with Gasteiger partial charge in [0, 0.05) is 11.0 Å². The van der Waals surface area contributed by atoms with Gasteiger partial charge in [-0.2, -0.15) is 0 Å². The molecular weight excluding hydrogens is 152 g/mol. The maximum Gasteiger partial charge on any atom is 0.316 e. The predicted octanol–water partition coefficient (Wildman–Crippen LogP) is 0.534. The third-order valence-electron chi connectivity index (χ3n) is 1.95. The van der Waals surface area contributed by atoms with Gasteiger partial charge >= 0.3 is 6.17 Å². The smallest absolute Gasteiger partial charge is 0.230 e. The van der Waals surface area contributed by atoms with Crippen molar-refractivity contribution < 1.29 is 4.68 Å². The summed E-state index contributed by atoms with van der Waals surface area (Å²) in [4.78, 5) is 8.48. The molecule has 0 aromatic carbocycles. The van der Waals surface area contributed by atoms with Crippen LogP contribution in [0.3, 0.4) is 0 Å². The number of nitrogens with zero attached hydrogens (tertiary/aromatic N) is 4. The Morgan fingerprint density at radius 2 is 2.33 bits per heavy atom. The van der Waals surface area contributed by atoms with E-state index in [1.165, 1.54) is 0 Å². The Hall–Kier alpha value is -1.32. The minimum atomic E-state index is 0.0231. The zero-order chi connectivity index (χ0) is 8.55. The van der Waals surface area contributed by atoms with Crippen LogP contribution in [-0.4, -0.2) is 35.3 Å². The first kappa shape index (κ1) is 7.34. The number of hydrogen-bond donors (Lipinski definition) is 0. The molecular formula is C8H11N4+. The second-order valence-electron chi connectivity index (χ2n) is 3.14. The van der Waals surface area contributed by atoms with Gasteiger partial charge < -0.3 is 0 Å². The van der Waals surface area contributed by atoms with E-state index in [0.717, 1.165) is 5.71 Å². The van der Waals surface area contributed by atoms with Crippen LogP contribution in [0.2, 0.25) is 0 Å². The molecule has 0 bridgehead atoms. The van der Waals surface area contributed by atoms with E-state index in [2.05, 4.69) is 28.9 Å². The van der Waals surface area contributed by atoms with Crippen molar-refractivity contribution in [1.82, 2.24) is 0 Å². The van der Waals surface area contributed by atoms with Crippen molar-refractivity contribution in [2.75, 3.05) is 0 Å². The lowest BCUT2D eigenvalue weighted by atomic mass is 10.1. The van der Waals surface area contributed by atoms with Crippen LogP contribution in [-0.2, 0) is 0 Å². The summed E-state index contributed by atoms with van der Waals surface area (Å²) in [7, 11) is 0. The number of aliphatic imine (C=N–C) groups is 2. The first-order valence-electron chi connectivity index (χ1n) is 4.04. The number of hydrazone groups is 1. The molecule has 0 radical (unpaired) electrons. The molecule has 0 saturated carbocycles. The summed E-state index contributed by atoms with van der Waals surface area (Å²) in [5.74, 6) is 0.424. The van der Waals surface area contributed by atoms with Gasteiger partial charge in [0.1, 0.15) is 5.71 Å². The highest BCUT2D eigenvalue weighted by atomic mass is 15.5. The Bertz CT molecular complexity index is 309. The highest BCUT2D eigenvalue weighted by Gasteiger charge is 2.33. The van der Waals surface area contributed by atoms with Crippen LogP contribution >= 0.6 is 0 Å². The van der Waals surface area contributed by atoms with Crippen molar-refractivity contribution in [3.05, 3.63) is 0 Å². The molecule has 1 unspecified atom stereocenters. The Kier molecular flexibility index (Phi) is 1.60. The van der Waals surface area contributed by atoms with E-state index >= 15 is 0 Å². The minimum absolute atomic E-state index is 0.0231. The summed E-state index contributed by atoms with van der Waals surface area (Å²) >= 11 is 0. The van der Waals surface area contributed by atoms with E-state index in [-0.39, 0.29) is 6.17 Å². The van der Waals surface area contributed by atoms with Crippen LogP contribution in [0.1, 0.15) is 13.8 Å². The fraction of sp³-hybridized carbons (Fsp3) is 0.500. The molecule has 12 heavy (non-hydrogen) atoms. The molecule has 0 aromatic heterocycles. The Morgan fingerprint density at radius 3 is 3.08 bits per heavy atom. The first-order chi connectivity index (χ1) is 5.79. The fourth-order valence-electron chi connectivity index (χ4n) is 1.32. The molecule has 62 valence electrons. The molecule has 0 fully saturated rings. The SMILES string of the molecule is CC(C)C1=NC=N[N+]2=CC=NC12. The third-order valence-corrected chi connectivity index (χ3v) is 1.95. The van der Waals surface area contributed by atoms with E-state index in [9.17, 15) is 0 Å². The lowest BCUT2D eigenvalue weighted by molar-refractivity contribution is -0.544. The first-order valence-corrected chi connectivity index (χ1v) is 4.04. The quantitative estimate of drug-likeness (QED) is 0.506. The molecule has 4 heteroatoms. The molecule has 2 aliphatic rings. The maximum absolute atomic E-state index is 4.26. The number of rotatable bonds is 1. The summed E-state index contributed by atoms with van der Waals surface area (Å²) in [6.07, 6.45) is 5.23. The molecule has 2 heterocycles. The van der Waals surface area contributed by atoms with Crippen molar-refractivity contribution >= 4 is 24.5 Å². The molecule has 0 saturated heterocycles. The Labute approximate surface area is 71.0 Å². The Balaban J connectivity index is 2.35. The highest BCUT2D eigenvalue weighted by molar-refractivity contribution is 6.16. The van der Waals surface area contributed by atoms with E-state index < -0.39 is 0 Å². The van der Waals surface area contributed by atoms with Crippen molar-refractivity contribution in [2.24, 2.45) is 21.0 Å². The van der Waals surface area contributed by atoms with Gasteiger partial charge in [0.05, 0.1) is 6.21 Å². The van der Waals surface area contributed by atoms with E-state index in [0.29, 0.717) is 5.92 Å². The maximum atomic E-state index is 4.26. The van der Waals surface area contributed by atoms with Crippen LogP contribution in [0.25, 0.3) is 0 Å². The van der Waals surface area contributed by atoms with Gasteiger partial charge in [0.2, 0.25) is 6.21 Å². The molecule has 0 aliphatic carbocycles. The van der Waals surface area contributed by atoms with Crippen LogP contribution < -0.4 is 0 Å². The average molecular weight is 163 g/mol. The number of fused-ring (bicyclic) bond motifs is 1. The van der Waals surface area contributed by atoms with Gasteiger partial charge in [-0.05, 0) is 0 Å². The van der Waals surface area contributed by atoms with Gasteiger partial charge in [-0.25, -0.2) is 9.98 Å². The van der Waals surface area contributed by atoms with Crippen LogP contribution in [0.15, 0.2) is 15.1 Å². The van der Waals surface area contributed by atoms with Crippen LogP contribution in [0.5, 0.6) is 0 Å². The lowest BCUT2D eigenvalue weighted by Crippen LogP contribution is -2.33. The largest absolute Gasteiger partial charge is 0.316 e. The van der Waals surface area contributed by atoms with E-state index in [4.69, 9.17) is 0 Å². The van der Waals surface area contributed by atoms with E-state index in [1.54, 1.807) is 12.6 Å². The summed E-state index contributed by atoms with van der Waals surface area (Å²) in [5.41, 5.74) is 1.08. The standard InChI is InChI=1S/C8H11N4/c1-6(2)7-8-9-3-4-12(8)11-5-10-7/h3-6,8H,1-2H3/q+1. The van der Waals surface area contributed by atoms with Crippen molar-refractivity contribution in [3.63, 3.8) is 0 Å². The monoisotopic (exact) mass is 163 g/mol. The molecule has 0 aromatic rings. The second-order valence-corrected chi connectivity index (χ2v) is 3.14. The van der Waals surface area contributed by atoms with Gasteiger partial charge in [-0.15, -0.1) is 0 Å². The molecule has 0 spiro atoms. The second kappa shape index (κ2) is 2.62. The van der Waals surface area contributed by atoms with Crippen LogP contribution in [0.4, 0.5) is 0 Å². The topological polar surface area (TPSA) is 40.1 Å². The van der Waals surface area contributed by atoms with Crippen molar-refractivity contribution in [1.29, 1.82) is 0 Å². The number of hydrogen-bond acceptors (Lipinski definition) is 3. The highest BCUT2D eigenvalue weighted by Crippen LogP contribution is 2.11. The lowest BCUT2D eigenvalue weighted by Gasteiger charge is -2.12. The predicted molar refractivity (Wildman–Crippen MR) is 49.4 cm³/mol. The van der Waals surface area contributed by atoms with Gasteiger partial charge in [-0.3, -0.25) is 0 Å². The summed E-state index contributed by atoms with van der Waals surface area (Å²) in [6.45, 7) is 4.23. The summed E-state index contributed by atoms with van der Waals surface area (Å²) < 4.78 is 1.82. The summed E-state index contributed by atoms with van der Waals surface area (Å²) in [5, 5.41) is 4.06. The van der Waals surface area contributed by atoms with E-state index in [1.807, 2.05) is 10.9 Å². The molecule has 4 nitrogen and oxygen atoms in total. The average Bonchev–Trinajstić information content (AvgIpc) is 2.49. The molecule has 0 amide bonds. The molecule has 2 aliphatic heterocycles. The zero-order valence-corrected chi connectivity index (χ0v) is 7.18.